The molecule has 0 atom stereocenters. The predicted molar refractivity (Wildman–Crippen MR) is 98.3 cm³/mol. The molecular weight excluding hydrogens is 330 g/mol. The van der Waals surface area contributed by atoms with Gasteiger partial charge in [0, 0.05) is 20.2 Å². The van der Waals surface area contributed by atoms with Crippen LogP contribution in [0.25, 0.3) is 6.08 Å². The van der Waals surface area contributed by atoms with Crippen molar-refractivity contribution < 1.29 is 19.0 Å². The molecule has 0 spiro atoms. The van der Waals surface area contributed by atoms with Crippen LogP contribution in [-0.4, -0.2) is 37.7 Å². The third kappa shape index (κ3) is 3.11. The summed E-state index contributed by atoms with van der Waals surface area (Å²) in [5.74, 6) is 1.67. The molecule has 0 aliphatic carbocycles. The Kier molecular flexibility index (Phi) is 4.49. The van der Waals surface area contributed by atoms with Crippen LogP contribution in [0.3, 0.4) is 0 Å². The Morgan fingerprint density at radius 3 is 2.96 bits per heavy atom. The molecule has 2 aliphatic rings. The number of Topliss-reactive ketones (excluding diaryl/α,β-unsaturated/α-hetero) is 1. The van der Waals surface area contributed by atoms with Crippen molar-refractivity contribution in [3.63, 3.8) is 0 Å². The van der Waals surface area contributed by atoms with Gasteiger partial charge in [0.25, 0.3) is 0 Å². The minimum Gasteiger partial charge on any atom is -0.478 e. The van der Waals surface area contributed by atoms with Crippen LogP contribution in [0.2, 0.25) is 0 Å². The molecular formula is C21H21NO4. The largest absolute Gasteiger partial charge is 0.478 e. The van der Waals surface area contributed by atoms with Crippen molar-refractivity contribution in [1.82, 2.24) is 4.90 Å². The maximum atomic E-state index is 12.8. The highest BCUT2D eigenvalue weighted by Crippen LogP contribution is 2.41. The van der Waals surface area contributed by atoms with Crippen molar-refractivity contribution in [2.75, 3.05) is 27.0 Å². The first-order chi connectivity index (χ1) is 12.7. The summed E-state index contributed by atoms with van der Waals surface area (Å²) < 4.78 is 17.0. The van der Waals surface area contributed by atoms with E-state index in [1.165, 1.54) is 0 Å². The van der Waals surface area contributed by atoms with Crippen LogP contribution in [0.5, 0.6) is 11.5 Å². The van der Waals surface area contributed by atoms with E-state index in [2.05, 4.69) is 4.90 Å². The molecule has 2 aromatic carbocycles. The molecule has 26 heavy (non-hydrogen) atoms. The molecule has 2 heterocycles. The summed E-state index contributed by atoms with van der Waals surface area (Å²) in [5.41, 5.74) is 3.61. The zero-order valence-corrected chi connectivity index (χ0v) is 15.0. The van der Waals surface area contributed by atoms with Gasteiger partial charge in [-0.05, 0) is 30.7 Å². The van der Waals surface area contributed by atoms with Gasteiger partial charge in [-0.25, -0.2) is 0 Å². The van der Waals surface area contributed by atoms with Crippen LogP contribution in [-0.2, 0) is 11.3 Å². The molecule has 0 radical (unpaired) electrons. The highest BCUT2D eigenvalue weighted by Gasteiger charge is 2.33. The molecule has 0 fully saturated rings. The Hall–Kier alpha value is -2.63. The molecule has 5 nitrogen and oxygen atoms in total. The van der Waals surface area contributed by atoms with Crippen LogP contribution < -0.4 is 9.47 Å². The molecule has 0 bridgehead atoms. The Balaban J connectivity index is 1.65. The average Bonchev–Trinajstić information content (AvgIpc) is 2.96. The number of benzene rings is 2. The molecule has 2 aromatic rings. The maximum absolute atomic E-state index is 12.8. The second kappa shape index (κ2) is 6.94. The zero-order valence-electron chi connectivity index (χ0n) is 15.0. The van der Waals surface area contributed by atoms with Crippen molar-refractivity contribution in [2.45, 2.75) is 13.5 Å². The average molecular weight is 351 g/mol. The second-order valence-electron chi connectivity index (χ2n) is 6.59. The van der Waals surface area contributed by atoms with E-state index in [1.54, 1.807) is 19.3 Å². The van der Waals surface area contributed by atoms with Crippen LogP contribution >= 0.6 is 0 Å². The standard InChI is InChI=1S/C21H21NO4/c1-14-4-3-5-15(10-14)11-19-20(23)16-6-7-18-17(21(16)26-19)12-22(13-25-18)8-9-24-2/h3-7,10-11H,8-9,12-13H2,1-2H3/b19-11-. The lowest BCUT2D eigenvalue weighted by molar-refractivity contribution is 0.0646. The van der Waals surface area contributed by atoms with E-state index in [0.717, 1.165) is 29.0 Å². The lowest BCUT2D eigenvalue weighted by Crippen LogP contribution is -2.34. The quantitative estimate of drug-likeness (QED) is 0.790. The number of fused-ring (bicyclic) bond motifs is 3. The van der Waals surface area contributed by atoms with E-state index in [4.69, 9.17) is 14.2 Å². The van der Waals surface area contributed by atoms with Crippen LogP contribution in [0, 0.1) is 6.92 Å². The summed E-state index contributed by atoms with van der Waals surface area (Å²) in [6, 6.07) is 11.6. The molecule has 0 N–H and O–H groups in total. The van der Waals surface area contributed by atoms with Gasteiger partial charge in [-0.1, -0.05) is 29.8 Å². The number of ether oxygens (including phenoxy) is 3. The summed E-state index contributed by atoms with van der Waals surface area (Å²) in [7, 11) is 1.68. The fourth-order valence-corrected chi connectivity index (χ4v) is 3.28. The first-order valence-corrected chi connectivity index (χ1v) is 8.66. The van der Waals surface area contributed by atoms with E-state index in [1.807, 2.05) is 37.3 Å². The Labute approximate surface area is 152 Å². The maximum Gasteiger partial charge on any atom is 0.231 e. The third-order valence-corrected chi connectivity index (χ3v) is 4.63. The number of rotatable bonds is 4. The monoisotopic (exact) mass is 351 g/mol. The number of ketones is 1. The van der Waals surface area contributed by atoms with Crippen LogP contribution in [0.15, 0.2) is 42.2 Å². The van der Waals surface area contributed by atoms with Gasteiger partial charge in [0.2, 0.25) is 5.78 Å². The normalized spacial score (nSPS) is 17.6. The highest BCUT2D eigenvalue weighted by molar-refractivity contribution is 6.15. The minimum atomic E-state index is -0.0849. The van der Waals surface area contributed by atoms with Crippen molar-refractivity contribution >= 4 is 11.9 Å². The first kappa shape index (κ1) is 16.8. The van der Waals surface area contributed by atoms with Gasteiger partial charge in [-0.3, -0.25) is 9.69 Å². The van der Waals surface area contributed by atoms with Gasteiger partial charge in [-0.2, -0.15) is 0 Å². The molecule has 0 aromatic heterocycles. The van der Waals surface area contributed by atoms with E-state index < -0.39 is 0 Å². The van der Waals surface area contributed by atoms with Gasteiger partial charge < -0.3 is 14.2 Å². The summed E-state index contributed by atoms with van der Waals surface area (Å²) >= 11 is 0. The van der Waals surface area contributed by atoms with E-state index >= 15 is 0 Å². The number of hydrogen-bond acceptors (Lipinski definition) is 5. The second-order valence-corrected chi connectivity index (χ2v) is 6.59. The molecule has 0 saturated heterocycles. The molecule has 134 valence electrons. The third-order valence-electron chi connectivity index (χ3n) is 4.63. The van der Waals surface area contributed by atoms with Crippen molar-refractivity contribution in [1.29, 1.82) is 0 Å². The summed E-state index contributed by atoms with van der Waals surface area (Å²) in [6.07, 6.45) is 1.80. The summed E-state index contributed by atoms with van der Waals surface area (Å²) in [4.78, 5) is 14.9. The Bertz CT molecular complexity index is 888. The number of allylic oxidation sites excluding steroid dienone is 1. The predicted octanol–water partition coefficient (Wildman–Crippen LogP) is 3.41. The molecule has 2 aliphatic heterocycles. The number of carbonyl (C=O) groups excluding carboxylic acids is 1. The van der Waals surface area contributed by atoms with Gasteiger partial charge in [0.1, 0.15) is 18.2 Å². The van der Waals surface area contributed by atoms with E-state index in [0.29, 0.717) is 37.0 Å². The fraction of sp³-hybridized carbons (Fsp3) is 0.286. The number of hydrogen-bond donors (Lipinski definition) is 0. The number of methoxy groups -OCH3 is 1. The lowest BCUT2D eigenvalue weighted by Gasteiger charge is -2.29. The Morgan fingerprint density at radius 1 is 1.27 bits per heavy atom. The Morgan fingerprint density at radius 2 is 2.15 bits per heavy atom. The van der Waals surface area contributed by atoms with Gasteiger partial charge in [0.15, 0.2) is 5.76 Å². The zero-order chi connectivity index (χ0) is 18.1. The SMILES string of the molecule is COCCN1COc2ccc3c(c2C1)O/C(=C\c1cccc(C)c1)C3=O. The molecule has 0 unspecified atom stereocenters. The summed E-state index contributed by atoms with van der Waals surface area (Å²) in [6.45, 7) is 4.60. The van der Waals surface area contributed by atoms with Crippen molar-refractivity contribution in [3.05, 3.63) is 64.4 Å². The van der Waals surface area contributed by atoms with Gasteiger partial charge >= 0.3 is 0 Å². The van der Waals surface area contributed by atoms with Crippen LogP contribution in [0.1, 0.15) is 27.0 Å². The van der Waals surface area contributed by atoms with Crippen molar-refractivity contribution in [2.24, 2.45) is 0 Å². The smallest absolute Gasteiger partial charge is 0.231 e. The first-order valence-electron chi connectivity index (χ1n) is 8.66. The number of nitrogens with zero attached hydrogens (tertiary/aromatic N) is 1. The highest BCUT2D eigenvalue weighted by atomic mass is 16.5. The van der Waals surface area contributed by atoms with E-state index in [9.17, 15) is 4.79 Å². The minimum absolute atomic E-state index is 0.0849. The lowest BCUT2D eigenvalue weighted by atomic mass is 10.0. The number of aryl methyl sites for hydroxylation is 1. The van der Waals surface area contributed by atoms with Gasteiger partial charge in [-0.15, -0.1) is 0 Å². The van der Waals surface area contributed by atoms with Gasteiger partial charge in [0.05, 0.1) is 17.7 Å². The molecule has 0 amide bonds. The number of carbonyl (C=O) groups is 1. The van der Waals surface area contributed by atoms with Crippen molar-refractivity contribution in [3.8, 4) is 11.5 Å². The molecule has 4 rings (SSSR count). The topological polar surface area (TPSA) is 48.0 Å². The van der Waals surface area contributed by atoms with Crippen LogP contribution in [0.4, 0.5) is 0 Å². The summed E-state index contributed by atoms with van der Waals surface area (Å²) in [5, 5.41) is 0. The molecule has 0 saturated carbocycles. The molecule has 5 heteroatoms. The fourth-order valence-electron chi connectivity index (χ4n) is 3.28. The van der Waals surface area contributed by atoms with E-state index in [-0.39, 0.29) is 5.78 Å².